The molecular formula is C15H26N2O2S. The molecule has 0 amide bonds. The van der Waals surface area contributed by atoms with E-state index in [1.807, 2.05) is 20.0 Å². The fourth-order valence-electron chi connectivity index (χ4n) is 2.04. The van der Waals surface area contributed by atoms with Gasteiger partial charge in [0.15, 0.2) is 0 Å². The van der Waals surface area contributed by atoms with Crippen molar-refractivity contribution in [2.24, 2.45) is 5.41 Å². The molecule has 2 N–H and O–H groups in total. The monoisotopic (exact) mass is 298 g/mol. The Hall–Kier alpha value is -0.940. The molecule has 1 aromatic heterocycles. The molecule has 0 unspecified atom stereocenters. The molecule has 20 heavy (non-hydrogen) atoms. The molecule has 5 heteroatoms. The second-order valence-corrected chi connectivity index (χ2v) is 7.39. The first kappa shape index (κ1) is 17.1. The standard InChI is InChI=1S/C15H26N2O2S/c1-6-15(7-2,13(18)19)10-16-8-11-9-17-12(20-11)14(3,4)5/h9,16H,6-8,10H2,1-5H3,(H,18,19). The highest BCUT2D eigenvalue weighted by atomic mass is 32.1. The molecule has 0 radical (unpaired) electrons. The molecule has 0 spiro atoms. The molecule has 4 nitrogen and oxygen atoms in total. The van der Waals surface area contributed by atoms with Crippen molar-refractivity contribution in [3.63, 3.8) is 0 Å². The number of nitrogens with one attached hydrogen (secondary N) is 1. The molecular weight excluding hydrogens is 272 g/mol. The van der Waals surface area contributed by atoms with Gasteiger partial charge in [0.05, 0.1) is 10.4 Å². The lowest BCUT2D eigenvalue weighted by Gasteiger charge is -2.26. The summed E-state index contributed by atoms with van der Waals surface area (Å²) in [5.41, 5.74) is -0.585. The van der Waals surface area contributed by atoms with Gasteiger partial charge >= 0.3 is 5.97 Å². The van der Waals surface area contributed by atoms with Gasteiger partial charge in [-0.25, -0.2) is 4.98 Å². The van der Waals surface area contributed by atoms with Crippen molar-refractivity contribution in [3.8, 4) is 0 Å². The number of hydrogen-bond donors (Lipinski definition) is 2. The smallest absolute Gasteiger partial charge is 0.310 e. The summed E-state index contributed by atoms with van der Waals surface area (Å²) < 4.78 is 0. The predicted octanol–water partition coefficient (Wildman–Crippen LogP) is 3.42. The highest BCUT2D eigenvalue weighted by Gasteiger charge is 2.34. The second kappa shape index (κ2) is 6.68. The zero-order valence-corrected chi connectivity index (χ0v) is 13.9. The first-order valence-corrected chi connectivity index (χ1v) is 7.96. The van der Waals surface area contributed by atoms with Crippen molar-refractivity contribution in [1.82, 2.24) is 10.3 Å². The molecule has 0 fully saturated rings. The average Bonchev–Trinajstić information content (AvgIpc) is 2.83. The Morgan fingerprint density at radius 2 is 1.95 bits per heavy atom. The van der Waals surface area contributed by atoms with Crippen LogP contribution in [0.1, 0.15) is 57.3 Å². The molecule has 0 bridgehead atoms. The van der Waals surface area contributed by atoms with E-state index in [2.05, 4.69) is 31.1 Å². The number of aliphatic carboxylic acids is 1. The normalized spacial score (nSPS) is 12.7. The van der Waals surface area contributed by atoms with Crippen molar-refractivity contribution in [3.05, 3.63) is 16.1 Å². The largest absolute Gasteiger partial charge is 0.481 e. The van der Waals surface area contributed by atoms with Crippen molar-refractivity contribution in [1.29, 1.82) is 0 Å². The van der Waals surface area contributed by atoms with Gasteiger partial charge in [0, 0.05) is 29.6 Å². The first-order chi connectivity index (χ1) is 9.25. The van der Waals surface area contributed by atoms with E-state index >= 15 is 0 Å². The number of carboxylic acid groups (broad SMARTS) is 1. The van der Waals surface area contributed by atoms with Crippen LogP contribution in [0.2, 0.25) is 0 Å². The second-order valence-electron chi connectivity index (χ2n) is 6.28. The van der Waals surface area contributed by atoms with Crippen LogP contribution in [0.15, 0.2) is 6.20 Å². The maximum absolute atomic E-state index is 11.4. The van der Waals surface area contributed by atoms with E-state index in [9.17, 15) is 9.90 Å². The molecule has 1 aromatic rings. The van der Waals surface area contributed by atoms with Crippen LogP contribution in [-0.2, 0) is 16.8 Å². The number of nitrogens with zero attached hydrogens (tertiary/aromatic N) is 1. The fraction of sp³-hybridized carbons (Fsp3) is 0.733. The number of carboxylic acids is 1. The van der Waals surface area contributed by atoms with E-state index in [0.29, 0.717) is 25.9 Å². The van der Waals surface area contributed by atoms with Gasteiger partial charge < -0.3 is 10.4 Å². The molecule has 0 saturated carbocycles. The van der Waals surface area contributed by atoms with E-state index < -0.39 is 11.4 Å². The Morgan fingerprint density at radius 1 is 1.35 bits per heavy atom. The summed E-state index contributed by atoms with van der Waals surface area (Å²) in [7, 11) is 0. The minimum Gasteiger partial charge on any atom is -0.481 e. The van der Waals surface area contributed by atoms with Crippen LogP contribution in [0.5, 0.6) is 0 Å². The lowest BCUT2D eigenvalue weighted by Crippen LogP contribution is -2.39. The average molecular weight is 298 g/mol. The number of rotatable bonds is 7. The van der Waals surface area contributed by atoms with E-state index in [1.165, 1.54) is 0 Å². The van der Waals surface area contributed by atoms with Crippen LogP contribution >= 0.6 is 11.3 Å². The highest BCUT2D eigenvalue weighted by molar-refractivity contribution is 7.11. The first-order valence-electron chi connectivity index (χ1n) is 7.14. The molecule has 1 rings (SSSR count). The van der Waals surface area contributed by atoms with Gasteiger partial charge in [-0.1, -0.05) is 34.6 Å². The van der Waals surface area contributed by atoms with Crippen LogP contribution in [0.25, 0.3) is 0 Å². The van der Waals surface area contributed by atoms with Gasteiger partial charge in [0.2, 0.25) is 0 Å². The summed E-state index contributed by atoms with van der Waals surface area (Å²) in [6.07, 6.45) is 3.17. The van der Waals surface area contributed by atoms with Gasteiger partial charge in [0.25, 0.3) is 0 Å². The SMILES string of the molecule is CCC(CC)(CNCc1cnc(C(C)(C)C)s1)C(=O)O. The van der Waals surface area contributed by atoms with E-state index in [0.717, 1.165) is 9.88 Å². The molecule has 114 valence electrons. The molecule has 0 aliphatic carbocycles. The van der Waals surface area contributed by atoms with Crippen LogP contribution in [0, 0.1) is 5.41 Å². The summed E-state index contributed by atoms with van der Waals surface area (Å²) in [5, 5.41) is 13.8. The third-order valence-corrected chi connectivity index (χ3v) is 5.19. The van der Waals surface area contributed by atoms with Crippen LogP contribution in [-0.4, -0.2) is 22.6 Å². The lowest BCUT2D eigenvalue weighted by atomic mass is 9.82. The predicted molar refractivity (Wildman–Crippen MR) is 83.2 cm³/mol. The summed E-state index contributed by atoms with van der Waals surface area (Å²) in [6, 6.07) is 0. The molecule has 0 aliphatic rings. The van der Waals surface area contributed by atoms with E-state index in [4.69, 9.17) is 0 Å². The fourth-order valence-corrected chi connectivity index (χ4v) is 2.98. The number of thiazole rings is 1. The van der Waals surface area contributed by atoms with E-state index in [-0.39, 0.29) is 5.41 Å². The summed E-state index contributed by atoms with van der Waals surface area (Å²) in [5.74, 6) is -0.713. The Balaban J connectivity index is 2.60. The minimum atomic E-state index is -0.713. The Labute approximate surface area is 125 Å². The third kappa shape index (κ3) is 4.03. The van der Waals surface area contributed by atoms with Gasteiger partial charge in [0.1, 0.15) is 0 Å². The van der Waals surface area contributed by atoms with Gasteiger partial charge in [-0.05, 0) is 12.8 Å². The zero-order valence-electron chi connectivity index (χ0n) is 13.1. The van der Waals surface area contributed by atoms with Crippen molar-refractivity contribution >= 4 is 17.3 Å². The van der Waals surface area contributed by atoms with Crippen molar-refractivity contribution in [2.45, 2.75) is 59.4 Å². The Bertz CT molecular complexity index is 445. The Morgan fingerprint density at radius 3 is 2.35 bits per heavy atom. The summed E-state index contributed by atoms with van der Waals surface area (Å²) >= 11 is 1.69. The zero-order chi connectivity index (χ0) is 15.4. The molecule has 0 atom stereocenters. The van der Waals surface area contributed by atoms with Crippen LogP contribution < -0.4 is 5.32 Å². The van der Waals surface area contributed by atoms with E-state index in [1.54, 1.807) is 11.3 Å². The minimum absolute atomic E-state index is 0.0700. The van der Waals surface area contributed by atoms with Gasteiger partial charge in [-0.3, -0.25) is 4.79 Å². The molecule has 0 aliphatic heterocycles. The third-order valence-electron chi connectivity index (χ3n) is 3.77. The molecule has 0 aromatic carbocycles. The lowest BCUT2D eigenvalue weighted by molar-refractivity contribution is -0.149. The van der Waals surface area contributed by atoms with Gasteiger partial charge in [-0.2, -0.15) is 0 Å². The van der Waals surface area contributed by atoms with Crippen LogP contribution in [0.3, 0.4) is 0 Å². The number of hydrogen-bond acceptors (Lipinski definition) is 4. The highest BCUT2D eigenvalue weighted by Crippen LogP contribution is 2.28. The topological polar surface area (TPSA) is 62.2 Å². The molecule has 1 heterocycles. The maximum Gasteiger partial charge on any atom is 0.310 e. The summed E-state index contributed by atoms with van der Waals surface area (Å²) in [6.45, 7) is 11.5. The van der Waals surface area contributed by atoms with Crippen LogP contribution in [0.4, 0.5) is 0 Å². The maximum atomic E-state index is 11.4. The van der Waals surface area contributed by atoms with Gasteiger partial charge in [-0.15, -0.1) is 11.3 Å². The van der Waals surface area contributed by atoms with Crippen molar-refractivity contribution in [2.75, 3.05) is 6.54 Å². The quantitative estimate of drug-likeness (QED) is 0.809. The van der Waals surface area contributed by atoms with Crippen molar-refractivity contribution < 1.29 is 9.90 Å². The summed E-state index contributed by atoms with van der Waals surface area (Å²) in [4.78, 5) is 17.0. The number of carbonyl (C=O) groups is 1. The Kier molecular flexibility index (Phi) is 5.71. The number of aromatic nitrogens is 1. The molecule has 0 saturated heterocycles.